The Labute approximate surface area is 241 Å². The van der Waals surface area contributed by atoms with Crippen LogP contribution in [0.5, 0.6) is 11.5 Å². The molecule has 1 fully saturated rings. The van der Waals surface area contributed by atoms with Crippen molar-refractivity contribution in [2.45, 2.75) is 79.2 Å². The quantitative estimate of drug-likeness (QED) is 0.236. The molecule has 0 saturated heterocycles. The molecule has 4 rings (SSSR count). The summed E-state index contributed by atoms with van der Waals surface area (Å²) < 4.78 is 55.9. The molecule has 3 aromatic carbocycles. The summed E-state index contributed by atoms with van der Waals surface area (Å²) in [5.41, 5.74) is 1.73. The van der Waals surface area contributed by atoms with Crippen LogP contribution in [0.2, 0.25) is 0 Å². The molecule has 1 aliphatic carbocycles. The number of aryl methyl sites for hydroxylation is 1. The second kappa shape index (κ2) is 14.4. The number of aliphatic carboxylic acids is 1. The highest BCUT2D eigenvalue weighted by Crippen LogP contribution is 2.37. The van der Waals surface area contributed by atoms with Gasteiger partial charge in [0, 0.05) is 17.5 Å². The molecule has 0 spiro atoms. The van der Waals surface area contributed by atoms with Gasteiger partial charge in [0.15, 0.2) is 11.6 Å². The molecule has 0 radical (unpaired) electrons. The minimum atomic E-state index is -1.03. The fraction of sp³-hybridized carbons (Fsp3) is 0.441. The highest BCUT2D eigenvalue weighted by atomic mass is 19.1. The van der Waals surface area contributed by atoms with Gasteiger partial charge in [0.2, 0.25) is 0 Å². The Bertz CT molecular complexity index is 1330. The Morgan fingerprint density at radius 2 is 1.68 bits per heavy atom. The smallest absolute Gasteiger partial charge is 0.303 e. The second-order valence-corrected chi connectivity index (χ2v) is 11.6. The van der Waals surface area contributed by atoms with Gasteiger partial charge in [0.1, 0.15) is 24.0 Å². The van der Waals surface area contributed by atoms with Gasteiger partial charge >= 0.3 is 5.97 Å². The lowest BCUT2D eigenvalue weighted by Gasteiger charge is -2.26. The number of halogens is 3. The third-order valence-corrected chi connectivity index (χ3v) is 7.23. The maximum atomic E-state index is 15.3. The number of carboxylic acids is 1. The zero-order valence-electron chi connectivity index (χ0n) is 24.7. The Morgan fingerprint density at radius 3 is 2.29 bits per heavy atom. The lowest BCUT2D eigenvalue weighted by molar-refractivity contribution is -0.136. The van der Waals surface area contributed by atoms with Gasteiger partial charge in [-0.15, -0.1) is 0 Å². The van der Waals surface area contributed by atoms with Crippen molar-refractivity contribution < 1.29 is 32.5 Å². The molecule has 7 heteroatoms. The van der Waals surface area contributed by atoms with E-state index in [1.54, 1.807) is 18.2 Å². The van der Waals surface area contributed by atoms with Crippen molar-refractivity contribution in [1.82, 2.24) is 0 Å². The summed E-state index contributed by atoms with van der Waals surface area (Å²) >= 11 is 0. The second-order valence-electron chi connectivity index (χ2n) is 11.6. The summed E-state index contributed by atoms with van der Waals surface area (Å²) in [6, 6.07) is 11.8. The van der Waals surface area contributed by atoms with Crippen LogP contribution >= 0.6 is 0 Å². The Balaban J connectivity index is 0.00000106. The molecular weight excluding hydrogens is 529 g/mol. The van der Waals surface area contributed by atoms with E-state index in [9.17, 15) is 13.6 Å². The van der Waals surface area contributed by atoms with Crippen LogP contribution in [0.1, 0.15) is 76.5 Å². The normalized spacial score (nSPS) is 12.9. The van der Waals surface area contributed by atoms with Crippen molar-refractivity contribution in [3.05, 3.63) is 82.7 Å². The monoisotopic (exact) mass is 570 g/mol. The largest absolute Gasteiger partial charge is 0.497 e. The summed E-state index contributed by atoms with van der Waals surface area (Å²) in [6.45, 7) is 8.35. The minimum Gasteiger partial charge on any atom is -0.497 e. The molecule has 0 atom stereocenters. The number of benzene rings is 3. The zero-order valence-corrected chi connectivity index (χ0v) is 24.7. The molecule has 41 heavy (non-hydrogen) atoms. The molecule has 0 amide bonds. The highest BCUT2D eigenvalue weighted by Gasteiger charge is 2.23. The summed E-state index contributed by atoms with van der Waals surface area (Å²) in [5.74, 6) is -1.32. The molecule has 4 nitrogen and oxygen atoms in total. The topological polar surface area (TPSA) is 55.8 Å². The van der Waals surface area contributed by atoms with Gasteiger partial charge in [-0.2, -0.15) is 0 Å². The van der Waals surface area contributed by atoms with E-state index in [0.29, 0.717) is 17.7 Å². The van der Waals surface area contributed by atoms with E-state index in [2.05, 4.69) is 27.7 Å². The van der Waals surface area contributed by atoms with Crippen molar-refractivity contribution >= 4 is 5.97 Å². The third-order valence-electron chi connectivity index (χ3n) is 7.23. The average molecular weight is 571 g/mol. The van der Waals surface area contributed by atoms with Gasteiger partial charge in [-0.05, 0) is 83.7 Å². The zero-order chi connectivity index (χ0) is 30.2. The predicted octanol–water partition coefficient (Wildman–Crippen LogP) is 9.16. The fourth-order valence-electron chi connectivity index (χ4n) is 4.72. The van der Waals surface area contributed by atoms with Crippen molar-refractivity contribution in [3.63, 3.8) is 0 Å². The molecule has 0 aromatic heterocycles. The molecule has 0 unspecified atom stereocenters. The number of hydrogen-bond donors (Lipinski definition) is 1. The van der Waals surface area contributed by atoms with E-state index >= 15 is 4.39 Å². The van der Waals surface area contributed by atoms with Gasteiger partial charge in [0.05, 0.1) is 7.11 Å². The molecule has 222 valence electrons. The van der Waals surface area contributed by atoms with Gasteiger partial charge in [-0.3, -0.25) is 4.79 Å². The highest BCUT2D eigenvalue weighted by molar-refractivity contribution is 5.70. The van der Waals surface area contributed by atoms with Gasteiger partial charge in [0.25, 0.3) is 0 Å². The summed E-state index contributed by atoms with van der Waals surface area (Å²) in [4.78, 5) is 10.8. The SMILES string of the molecule is CC1CC1.CCCC(C)(C)Cc1cc(COc2cccc(CCC(=O)O)c2F)c(F)cc1-c1cc(OC)ccc1F. The Kier molecular flexibility index (Phi) is 11.3. The van der Waals surface area contributed by atoms with Crippen LogP contribution in [0, 0.1) is 28.8 Å². The first-order chi connectivity index (χ1) is 19.4. The van der Waals surface area contributed by atoms with E-state index in [1.165, 1.54) is 50.3 Å². The fourth-order valence-corrected chi connectivity index (χ4v) is 4.72. The number of carboxylic acid groups (broad SMARTS) is 1. The molecule has 0 bridgehead atoms. The van der Waals surface area contributed by atoms with Crippen LogP contribution < -0.4 is 9.47 Å². The van der Waals surface area contributed by atoms with E-state index in [1.807, 2.05) is 0 Å². The van der Waals surface area contributed by atoms with E-state index < -0.39 is 23.4 Å². The first kappa shape index (κ1) is 32.0. The van der Waals surface area contributed by atoms with Crippen molar-refractivity contribution in [1.29, 1.82) is 0 Å². The number of rotatable bonds is 12. The molecule has 1 saturated carbocycles. The van der Waals surface area contributed by atoms with E-state index in [4.69, 9.17) is 14.6 Å². The lowest BCUT2D eigenvalue weighted by Crippen LogP contribution is -2.16. The average Bonchev–Trinajstić information content (AvgIpc) is 3.71. The van der Waals surface area contributed by atoms with Gasteiger partial charge in [-0.25, -0.2) is 13.2 Å². The van der Waals surface area contributed by atoms with Crippen molar-refractivity contribution in [2.75, 3.05) is 7.11 Å². The summed E-state index contributed by atoms with van der Waals surface area (Å²) in [7, 11) is 1.49. The number of ether oxygens (including phenoxy) is 2. The van der Waals surface area contributed by atoms with Crippen LogP contribution in [0.15, 0.2) is 48.5 Å². The van der Waals surface area contributed by atoms with Crippen molar-refractivity contribution in [2.24, 2.45) is 11.3 Å². The van der Waals surface area contributed by atoms with E-state index in [0.717, 1.165) is 24.3 Å². The van der Waals surface area contributed by atoms with Crippen LogP contribution in [0.4, 0.5) is 13.2 Å². The first-order valence-corrected chi connectivity index (χ1v) is 14.2. The van der Waals surface area contributed by atoms with Crippen molar-refractivity contribution in [3.8, 4) is 22.6 Å². The summed E-state index contributed by atoms with van der Waals surface area (Å²) in [6.07, 6.45) is 5.23. The number of carbonyl (C=O) groups is 1. The summed E-state index contributed by atoms with van der Waals surface area (Å²) in [5, 5.41) is 8.88. The molecule has 1 N–H and O–H groups in total. The lowest BCUT2D eigenvalue weighted by atomic mass is 9.79. The number of methoxy groups -OCH3 is 1. The minimum absolute atomic E-state index is 0.0180. The maximum absolute atomic E-state index is 15.3. The van der Waals surface area contributed by atoms with E-state index in [-0.39, 0.29) is 47.3 Å². The molecular formula is C34H41F3O4. The maximum Gasteiger partial charge on any atom is 0.303 e. The van der Waals surface area contributed by atoms with Crippen LogP contribution in [-0.2, 0) is 24.2 Å². The standard InChI is InChI=1S/C30H33F3O4.C4H8/c1-5-13-30(2,3)17-20-14-21(18-37-27-8-6-7-19(29(27)33)9-12-28(34)35)26(32)16-23(20)24-15-22(36-4)10-11-25(24)31;1-4-2-3-4/h6-8,10-11,14-16H,5,9,12-13,17-18H2,1-4H3,(H,34,35);4H,2-3H2,1H3. The van der Waals surface area contributed by atoms with Crippen LogP contribution in [-0.4, -0.2) is 18.2 Å². The first-order valence-electron chi connectivity index (χ1n) is 14.2. The van der Waals surface area contributed by atoms with Crippen LogP contribution in [0.25, 0.3) is 11.1 Å². The Morgan fingerprint density at radius 1 is 0.976 bits per heavy atom. The van der Waals surface area contributed by atoms with Gasteiger partial charge in [-0.1, -0.05) is 59.1 Å². The molecule has 0 aliphatic heterocycles. The Hall–Kier alpha value is -3.48. The predicted molar refractivity (Wildman–Crippen MR) is 156 cm³/mol. The molecule has 1 aliphatic rings. The number of hydrogen-bond acceptors (Lipinski definition) is 3. The third kappa shape index (κ3) is 9.55. The van der Waals surface area contributed by atoms with Gasteiger partial charge < -0.3 is 14.6 Å². The van der Waals surface area contributed by atoms with Crippen LogP contribution in [0.3, 0.4) is 0 Å². The molecule has 0 heterocycles. The molecule has 3 aromatic rings.